The summed E-state index contributed by atoms with van der Waals surface area (Å²) in [5, 5.41) is -0.619. The molecule has 5 nitrogen and oxygen atoms in total. The van der Waals surface area contributed by atoms with Crippen LogP contribution < -0.4 is 5.73 Å². The van der Waals surface area contributed by atoms with Gasteiger partial charge in [0.15, 0.2) is 12.3 Å². The van der Waals surface area contributed by atoms with E-state index >= 15 is 0 Å². The molecule has 0 saturated carbocycles. The summed E-state index contributed by atoms with van der Waals surface area (Å²) in [4.78, 5) is 25.5. The lowest BCUT2D eigenvalue weighted by Gasteiger charge is -2.07. The van der Waals surface area contributed by atoms with Gasteiger partial charge in [-0.1, -0.05) is 46.4 Å². The van der Waals surface area contributed by atoms with Crippen LogP contribution in [0.1, 0.15) is 10.5 Å². The quantitative estimate of drug-likeness (QED) is 0.685. The van der Waals surface area contributed by atoms with Crippen molar-refractivity contribution in [2.45, 2.75) is 0 Å². The van der Waals surface area contributed by atoms with E-state index in [0.29, 0.717) is 0 Å². The number of amides is 1. The Hall–Kier alpha value is -0.750. The second kappa shape index (κ2) is 5.73. The van der Waals surface area contributed by atoms with Gasteiger partial charge >= 0.3 is 5.97 Å². The van der Waals surface area contributed by atoms with Crippen LogP contribution in [0, 0.1) is 0 Å². The molecule has 0 radical (unpaired) electrons. The van der Waals surface area contributed by atoms with Crippen LogP contribution in [0.3, 0.4) is 0 Å². The Labute approximate surface area is 116 Å². The van der Waals surface area contributed by atoms with Crippen LogP contribution >= 0.6 is 46.4 Å². The van der Waals surface area contributed by atoms with E-state index in [-0.39, 0.29) is 25.9 Å². The number of ether oxygens (including phenoxy) is 1. The highest BCUT2D eigenvalue weighted by atomic mass is 35.5. The molecular formula is C8H4Cl4N2O3. The molecule has 17 heavy (non-hydrogen) atoms. The molecule has 92 valence electrons. The first-order valence-corrected chi connectivity index (χ1v) is 5.51. The number of halogens is 4. The molecule has 9 heteroatoms. The maximum atomic E-state index is 11.4. The second-order valence-electron chi connectivity index (χ2n) is 2.74. The zero-order valence-corrected chi connectivity index (χ0v) is 11.0. The molecule has 0 aromatic carbocycles. The Balaban J connectivity index is 3.06. The molecule has 0 fully saturated rings. The fourth-order valence-corrected chi connectivity index (χ4v) is 1.63. The number of pyridine rings is 1. The van der Waals surface area contributed by atoms with Gasteiger partial charge in [0.1, 0.15) is 5.15 Å². The van der Waals surface area contributed by atoms with Gasteiger partial charge in [0.25, 0.3) is 5.91 Å². The van der Waals surface area contributed by atoms with Crippen LogP contribution in [0.25, 0.3) is 0 Å². The van der Waals surface area contributed by atoms with Gasteiger partial charge in [0, 0.05) is 0 Å². The topological polar surface area (TPSA) is 82.3 Å². The van der Waals surface area contributed by atoms with E-state index in [1.165, 1.54) is 0 Å². The van der Waals surface area contributed by atoms with Crippen LogP contribution in [-0.2, 0) is 9.53 Å². The summed E-state index contributed by atoms with van der Waals surface area (Å²) in [6.07, 6.45) is 0. The molecule has 0 aliphatic heterocycles. The molecule has 1 aromatic rings. The predicted octanol–water partition coefficient (Wildman–Crippen LogP) is 2.34. The molecule has 0 bridgehead atoms. The lowest BCUT2D eigenvalue weighted by molar-refractivity contribution is -0.121. The van der Waals surface area contributed by atoms with Crippen LogP contribution in [0.2, 0.25) is 20.2 Å². The van der Waals surface area contributed by atoms with E-state index in [0.717, 1.165) is 0 Å². The first-order valence-electron chi connectivity index (χ1n) is 4.00. The van der Waals surface area contributed by atoms with Crippen molar-refractivity contribution >= 4 is 58.3 Å². The number of primary amides is 1. The first-order chi connectivity index (χ1) is 7.84. The highest BCUT2D eigenvalue weighted by Gasteiger charge is 2.21. The maximum absolute atomic E-state index is 11.4. The predicted molar refractivity (Wildman–Crippen MR) is 63.8 cm³/mol. The fourth-order valence-electron chi connectivity index (χ4n) is 0.827. The molecule has 0 spiro atoms. The van der Waals surface area contributed by atoms with E-state index in [4.69, 9.17) is 52.1 Å². The highest BCUT2D eigenvalue weighted by Crippen LogP contribution is 2.36. The van der Waals surface area contributed by atoms with Gasteiger partial charge in [-0.3, -0.25) is 4.79 Å². The smallest absolute Gasteiger partial charge is 0.359 e. The SMILES string of the molecule is NC(=O)COC(=O)c1nc(Cl)c(Cl)c(Cl)c1Cl. The van der Waals surface area contributed by atoms with Crippen molar-refractivity contribution in [3.8, 4) is 0 Å². The Morgan fingerprint density at radius 1 is 1.12 bits per heavy atom. The lowest BCUT2D eigenvalue weighted by Crippen LogP contribution is -2.21. The van der Waals surface area contributed by atoms with Crippen LogP contribution in [0.15, 0.2) is 0 Å². The second-order valence-corrected chi connectivity index (χ2v) is 4.23. The number of hydrogen-bond acceptors (Lipinski definition) is 4. The summed E-state index contributed by atoms with van der Waals surface area (Å²) in [6.45, 7) is -0.602. The molecule has 0 aliphatic carbocycles. The Bertz CT molecular complexity index is 492. The number of esters is 1. The average Bonchev–Trinajstić information content (AvgIpc) is 2.28. The number of aromatic nitrogens is 1. The van der Waals surface area contributed by atoms with Gasteiger partial charge in [-0.25, -0.2) is 9.78 Å². The minimum absolute atomic E-state index is 0.0789. The summed E-state index contributed by atoms with van der Waals surface area (Å²) in [5.74, 6) is -1.80. The van der Waals surface area contributed by atoms with Crippen molar-refractivity contribution in [2.24, 2.45) is 5.73 Å². The molecule has 1 aromatic heterocycles. The lowest BCUT2D eigenvalue weighted by atomic mass is 10.3. The summed E-state index contributed by atoms with van der Waals surface area (Å²) >= 11 is 22.7. The van der Waals surface area contributed by atoms with Crippen molar-refractivity contribution in [1.29, 1.82) is 0 Å². The van der Waals surface area contributed by atoms with Gasteiger partial charge in [-0.05, 0) is 0 Å². The molecule has 1 amide bonds. The third-order valence-corrected chi connectivity index (χ3v) is 3.20. The van der Waals surface area contributed by atoms with E-state index in [1.54, 1.807) is 0 Å². The monoisotopic (exact) mass is 316 g/mol. The molecule has 0 aliphatic rings. The van der Waals surface area contributed by atoms with E-state index < -0.39 is 18.5 Å². The number of rotatable bonds is 3. The minimum atomic E-state index is -0.978. The zero-order valence-electron chi connectivity index (χ0n) is 7.97. The number of carbonyl (C=O) groups is 2. The standard InChI is InChI=1S/C8H4Cl4N2O3/c9-3-4(10)6(14-7(12)5(3)11)8(16)17-1-2(13)15/h1H2,(H2,13,15). The van der Waals surface area contributed by atoms with Crippen molar-refractivity contribution in [3.05, 3.63) is 25.9 Å². The molecule has 0 saturated heterocycles. The summed E-state index contributed by atoms with van der Waals surface area (Å²) in [6, 6.07) is 0. The minimum Gasteiger partial charge on any atom is -0.451 e. The molecule has 2 N–H and O–H groups in total. The number of nitrogens with zero attached hydrogens (tertiary/aromatic N) is 1. The molecule has 0 unspecified atom stereocenters. The largest absolute Gasteiger partial charge is 0.451 e. The van der Waals surface area contributed by atoms with Crippen LogP contribution in [0.5, 0.6) is 0 Å². The Morgan fingerprint density at radius 2 is 1.71 bits per heavy atom. The van der Waals surface area contributed by atoms with Gasteiger partial charge in [0.05, 0.1) is 15.1 Å². The van der Waals surface area contributed by atoms with E-state index in [1.807, 2.05) is 0 Å². The van der Waals surface area contributed by atoms with Crippen LogP contribution in [0.4, 0.5) is 0 Å². The normalized spacial score (nSPS) is 10.1. The first kappa shape index (κ1) is 14.3. The Kier molecular flexibility index (Phi) is 4.82. The fraction of sp³-hybridized carbons (Fsp3) is 0.125. The summed E-state index contributed by atoms with van der Waals surface area (Å²) in [5.41, 5.74) is 4.46. The number of hydrogen-bond donors (Lipinski definition) is 1. The average molecular weight is 318 g/mol. The van der Waals surface area contributed by atoms with Crippen molar-refractivity contribution in [3.63, 3.8) is 0 Å². The molecule has 1 heterocycles. The molecule has 1 rings (SSSR count). The van der Waals surface area contributed by atoms with E-state index in [2.05, 4.69) is 9.72 Å². The third kappa shape index (κ3) is 3.35. The zero-order chi connectivity index (χ0) is 13.2. The van der Waals surface area contributed by atoms with Gasteiger partial charge in [-0.2, -0.15) is 0 Å². The van der Waals surface area contributed by atoms with Gasteiger partial charge in [-0.15, -0.1) is 0 Å². The van der Waals surface area contributed by atoms with Crippen LogP contribution in [-0.4, -0.2) is 23.5 Å². The maximum Gasteiger partial charge on any atom is 0.359 e. The number of nitrogens with two attached hydrogens (primary N) is 1. The van der Waals surface area contributed by atoms with Crippen molar-refractivity contribution < 1.29 is 14.3 Å². The summed E-state index contributed by atoms with van der Waals surface area (Å²) < 4.78 is 4.50. The number of carbonyl (C=O) groups excluding carboxylic acids is 2. The summed E-state index contributed by atoms with van der Waals surface area (Å²) in [7, 11) is 0. The molecule has 0 atom stereocenters. The third-order valence-electron chi connectivity index (χ3n) is 1.52. The van der Waals surface area contributed by atoms with Gasteiger partial charge in [0.2, 0.25) is 0 Å². The van der Waals surface area contributed by atoms with Crippen molar-refractivity contribution in [2.75, 3.05) is 6.61 Å². The van der Waals surface area contributed by atoms with E-state index in [9.17, 15) is 9.59 Å². The highest BCUT2D eigenvalue weighted by molar-refractivity contribution is 6.52. The van der Waals surface area contributed by atoms with Gasteiger partial charge < -0.3 is 10.5 Å². The Morgan fingerprint density at radius 3 is 2.24 bits per heavy atom. The molecular weight excluding hydrogens is 314 g/mol. The van der Waals surface area contributed by atoms with Crippen molar-refractivity contribution in [1.82, 2.24) is 4.98 Å².